The zero-order valence-electron chi connectivity index (χ0n) is 9.80. The number of carboxylic acids is 1. The quantitative estimate of drug-likeness (QED) is 0.538. The van der Waals surface area contributed by atoms with Crippen LogP contribution in [0.25, 0.3) is 0 Å². The van der Waals surface area contributed by atoms with Crippen molar-refractivity contribution in [3.63, 3.8) is 0 Å². The van der Waals surface area contributed by atoms with Gasteiger partial charge in [0.2, 0.25) is 10.0 Å². The van der Waals surface area contributed by atoms with E-state index in [1.54, 1.807) is 0 Å². The van der Waals surface area contributed by atoms with Crippen molar-refractivity contribution < 1.29 is 18.3 Å². The second kappa shape index (κ2) is 5.69. The third kappa shape index (κ3) is 3.90. The van der Waals surface area contributed by atoms with Gasteiger partial charge in [-0.15, -0.1) is 0 Å². The lowest BCUT2D eigenvalue weighted by atomic mass is 10.2. The maximum atomic E-state index is 11.2. The van der Waals surface area contributed by atoms with Crippen LogP contribution < -0.4 is 15.8 Å². The first-order valence-electron chi connectivity index (χ1n) is 5.13. The normalized spacial score (nSPS) is 11.2. The Hall–Kier alpha value is -1.80. The largest absolute Gasteiger partial charge is 0.478 e. The van der Waals surface area contributed by atoms with E-state index in [9.17, 15) is 13.2 Å². The van der Waals surface area contributed by atoms with E-state index in [2.05, 4.69) is 10.0 Å². The summed E-state index contributed by atoms with van der Waals surface area (Å²) >= 11 is 0. The first kappa shape index (κ1) is 14.3. The standard InChI is InChI=1S/C10H15N3O4S/c1-12-18(16,17)5-4-13-9-3-2-7(10(14)15)6-8(9)11/h2-3,6,12-13H,4-5,11H2,1H3,(H,14,15). The summed E-state index contributed by atoms with van der Waals surface area (Å²) in [7, 11) is -1.93. The van der Waals surface area contributed by atoms with Crippen LogP contribution in [0.4, 0.5) is 11.4 Å². The predicted molar refractivity (Wildman–Crippen MR) is 69.1 cm³/mol. The molecule has 18 heavy (non-hydrogen) atoms. The molecule has 0 radical (unpaired) electrons. The molecule has 0 aliphatic heterocycles. The van der Waals surface area contributed by atoms with Gasteiger partial charge in [0, 0.05) is 6.54 Å². The van der Waals surface area contributed by atoms with Crippen molar-refractivity contribution in [1.29, 1.82) is 0 Å². The van der Waals surface area contributed by atoms with E-state index in [4.69, 9.17) is 10.8 Å². The average Bonchev–Trinajstić information content (AvgIpc) is 2.31. The van der Waals surface area contributed by atoms with Gasteiger partial charge in [-0.05, 0) is 25.2 Å². The maximum Gasteiger partial charge on any atom is 0.335 e. The molecule has 7 nitrogen and oxygen atoms in total. The fourth-order valence-electron chi connectivity index (χ4n) is 1.28. The molecule has 100 valence electrons. The topological polar surface area (TPSA) is 122 Å². The van der Waals surface area contributed by atoms with Gasteiger partial charge >= 0.3 is 5.97 Å². The molecule has 0 aromatic heterocycles. The van der Waals surface area contributed by atoms with Crippen molar-refractivity contribution in [2.45, 2.75) is 0 Å². The second-order valence-corrected chi connectivity index (χ2v) is 5.60. The van der Waals surface area contributed by atoms with E-state index in [0.717, 1.165) is 0 Å². The second-order valence-electron chi connectivity index (χ2n) is 3.56. The number of nitrogen functional groups attached to an aromatic ring is 1. The van der Waals surface area contributed by atoms with E-state index in [0.29, 0.717) is 5.69 Å². The van der Waals surface area contributed by atoms with Crippen LogP contribution in [0.15, 0.2) is 18.2 Å². The number of carboxylic acid groups (broad SMARTS) is 1. The molecule has 0 unspecified atom stereocenters. The smallest absolute Gasteiger partial charge is 0.335 e. The highest BCUT2D eigenvalue weighted by molar-refractivity contribution is 7.89. The Morgan fingerprint density at radius 3 is 2.61 bits per heavy atom. The third-order valence-corrected chi connectivity index (χ3v) is 3.66. The van der Waals surface area contributed by atoms with Crippen LogP contribution in [0.5, 0.6) is 0 Å². The summed E-state index contributed by atoms with van der Waals surface area (Å²) < 4.78 is 24.5. The summed E-state index contributed by atoms with van der Waals surface area (Å²) in [6.07, 6.45) is 0. The Morgan fingerprint density at radius 1 is 1.44 bits per heavy atom. The van der Waals surface area contributed by atoms with Crippen molar-refractivity contribution in [3.05, 3.63) is 23.8 Å². The van der Waals surface area contributed by atoms with Crippen LogP contribution in [0.1, 0.15) is 10.4 Å². The number of carbonyl (C=O) groups is 1. The van der Waals surface area contributed by atoms with Crippen molar-refractivity contribution in [2.75, 3.05) is 30.4 Å². The summed E-state index contributed by atoms with van der Waals surface area (Å²) in [6.45, 7) is 0.180. The highest BCUT2D eigenvalue weighted by Crippen LogP contribution is 2.19. The van der Waals surface area contributed by atoms with Crippen molar-refractivity contribution in [2.24, 2.45) is 0 Å². The Morgan fingerprint density at radius 2 is 2.11 bits per heavy atom. The number of anilines is 2. The molecule has 0 amide bonds. The summed E-state index contributed by atoms with van der Waals surface area (Å²) in [5.41, 5.74) is 6.50. The van der Waals surface area contributed by atoms with Gasteiger partial charge in [-0.1, -0.05) is 0 Å². The number of nitrogens with two attached hydrogens (primary N) is 1. The molecule has 5 N–H and O–H groups in total. The Bertz CT molecular complexity index is 542. The van der Waals surface area contributed by atoms with Crippen LogP contribution in [-0.4, -0.2) is 38.8 Å². The van der Waals surface area contributed by atoms with E-state index >= 15 is 0 Å². The lowest BCUT2D eigenvalue weighted by molar-refractivity contribution is 0.0697. The molecular formula is C10H15N3O4S. The Balaban J connectivity index is 2.67. The molecule has 8 heteroatoms. The van der Waals surface area contributed by atoms with Gasteiger partial charge in [-0.25, -0.2) is 17.9 Å². The molecule has 0 atom stereocenters. The van der Waals surface area contributed by atoms with E-state index in [-0.39, 0.29) is 23.5 Å². The van der Waals surface area contributed by atoms with Gasteiger partial charge in [0.15, 0.2) is 0 Å². The van der Waals surface area contributed by atoms with Crippen molar-refractivity contribution in [3.8, 4) is 0 Å². The summed E-state index contributed by atoms with van der Waals surface area (Å²) in [5.74, 6) is -1.16. The van der Waals surface area contributed by atoms with Gasteiger partial charge in [-0.2, -0.15) is 0 Å². The number of sulfonamides is 1. The van der Waals surface area contributed by atoms with Crippen LogP contribution in [0, 0.1) is 0 Å². The minimum Gasteiger partial charge on any atom is -0.478 e. The van der Waals surface area contributed by atoms with Crippen LogP contribution >= 0.6 is 0 Å². The van der Waals surface area contributed by atoms with Gasteiger partial charge in [0.05, 0.1) is 22.7 Å². The molecule has 0 saturated heterocycles. The van der Waals surface area contributed by atoms with Gasteiger partial charge in [0.1, 0.15) is 0 Å². The zero-order valence-corrected chi connectivity index (χ0v) is 10.6. The molecule has 1 aromatic rings. The maximum absolute atomic E-state index is 11.2. The first-order chi connectivity index (χ1) is 8.35. The lowest BCUT2D eigenvalue weighted by Crippen LogP contribution is -2.26. The Kier molecular flexibility index (Phi) is 4.51. The van der Waals surface area contributed by atoms with E-state index in [1.807, 2.05) is 0 Å². The fraction of sp³-hybridized carbons (Fsp3) is 0.300. The first-order valence-corrected chi connectivity index (χ1v) is 6.79. The summed E-state index contributed by atoms with van der Waals surface area (Å²) in [5, 5.41) is 11.6. The zero-order chi connectivity index (χ0) is 13.8. The van der Waals surface area contributed by atoms with Crippen LogP contribution in [0.3, 0.4) is 0 Å². The summed E-state index contributed by atoms with van der Waals surface area (Å²) in [6, 6.07) is 4.22. The molecule has 0 saturated carbocycles. The minimum atomic E-state index is -3.27. The molecular weight excluding hydrogens is 258 g/mol. The van der Waals surface area contributed by atoms with Gasteiger partial charge in [0.25, 0.3) is 0 Å². The van der Waals surface area contributed by atoms with E-state index < -0.39 is 16.0 Å². The number of benzene rings is 1. The number of hydrogen-bond donors (Lipinski definition) is 4. The Labute approximate surface area is 105 Å². The van der Waals surface area contributed by atoms with Crippen molar-refractivity contribution in [1.82, 2.24) is 4.72 Å². The monoisotopic (exact) mass is 273 g/mol. The fourth-order valence-corrected chi connectivity index (χ4v) is 1.85. The molecule has 1 rings (SSSR count). The number of rotatable bonds is 6. The number of aromatic carboxylic acids is 1. The van der Waals surface area contributed by atoms with Crippen LogP contribution in [-0.2, 0) is 10.0 Å². The molecule has 0 bridgehead atoms. The predicted octanol–water partition coefficient (Wildman–Crippen LogP) is -0.0719. The van der Waals surface area contributed by atoms with Crippen molar-refractivity contribution >= 4 is 27.4 Å². The number of hydrogen-bond acceptors (Lipinski definition) is 5. The molecule has 1 aromatic carbocycles. The highest BCUT2D eigenvalue weighted by atomic mass is 32.2. The van der Waals surface area contributed by atoms with E-state index in [1.165, 1.54) is 25.2 Å². The number of nitrogens with one attached hydrogen (secondary N) is 2. The van der Waals surface area contributed by atoms with Gasteiger partial charge < -0.3 is 16.2 Å². The van der Waals surface area contributed by atoms with Crippen LogP contribution in [0.2, 0.25) is 0 Å². The SMILES string of the molecule is CNS(=O)(=O)CCNc1ccc(C(=O)O)cc1N. The highest BCUT2D eigenvalue weighted by Gasteiger charge is 2.08. The molecule has 0 aliphatic carbocycles. The lowest BCUT2D eigenvalue weighted by Gasteiger charge is -2.09. The average molecular weight is 273 g/mol. The molecule has 0 heterocycles. The minimum absolute atomic E-state index is 0.0842. The third-order valence-electron chi connectivity index (χ3n) is 2.30. The molecule has 0 spiro atoms. The molecule has 0 aliphatic rings. The summed E-state index contributed by atoms with van der Waals surface area (Å²) in [4.78, 5) is 10.7. The molecule has 0 fully saturated rings. The van der Waals surface area contributed by atoms with Gasteiger partial charge in [-0.3, -0.25) is 0 Å².